The summed E-state index contributed by atoms with van der Waals surface area (Å²) in [5.74, 6) is -0.556. The van der Waals surface area contributed by atoms with E-state index in [1.165, 1.54) is 12.1 Å². The molecule has 0 aliphatic carbocycles. The van der Waals surface area contributed by atoms with Gasteiger partial charge in [0.2, 0.25) is 0 Å². The van der Waals surface area contributed by atoms with Gasteiger partial charge in [0.15, 0.2) is 0 Å². The van der Waals surface area contributed by atoms with E-state index in [2.05, 4.69) is 5.32 Å². The zero-order valence-electron chi connectivity index (χ0n) is 10.1. The van der Waals surface area contributed by atoms with Gasteiger partial charge in [0, 0.05) is 18.5 Å². The largest absolute Gasteiger partial charge is 0.478 e. The van der Waals surface area contributed by atoms with E-state index in [0.717, 1.165) is 5.76 Å². The van der Waals surface area contributed by atoms with Crippen LogP contribution in [0.1, 0.15) is 26.5 Å². The van der Waals surface area contributed by atoms with Crippen LogP contribution in [0.15, 0.2) is 47.1 Å². The van der Waals surface area contributed by atoms with Gasteiger partial charge < -0.3 is 14.8 Å². The van der Waals surface area contributed by atoms with Crippen molar-refractivity contribution in [1.29, 1.82) is 0 Å². The van der Waals surface area contributed by atoms with Crippen LogP contribution >= 0.6 is 0 Å². The molecule has 0 aliphatic heterocycles. The number of rotatable bonds is 5. The van der Waals surface area contributed by atoms with Gasteiger partial charge >= 0.3 is 5.97 Å². The Bertz CT molecular complexity index is 575. The molecular formula is C14H13NO4. The van der Waals surface area contributed by atoms with Crippen molar-refractivity contribution in [3.63, 3.8) is 0 Å². The lowest BCUT2D eigenvalue weighted by Crippen LogP contribution is -2.25. The molecule has 0 fully saturated rings. The molecule has 2 aromatic rings. The molecule has 98 valence electrons. The highest BCUT2D eigenvalue weighted by atomic mass is 16.4. The average molecular weight is 259 g/mol. The Labute approximate surface area is 109 Å². The first kappa shape index (κ1) is 12.9. The van der Waals surface area contributed by atoms with E-state index >= 15 is 0 Å². The number of nitrogens with one attached hydrogen (secondary N) is 1. The second-order valence-electron chi connectivity index (χ2n) is 3.97. The molecule has 5 heteroatoms. The van der Waals surface area contributed by atoms with Crippen molar-refractivity contribution >= 4 is 11.9 Å². The first-order valence-corrected chi connectivity index (χ1v) is 5.81. The summed E-state index contributed by atoms with van der Waals surface area (Å²) >= 11 is 0. The van der Waals surface area contributed by atoms with Crippen LogP contribution in [0, 0.1) is 0 Å². The van der Waals surface area contributed by atoms with Gasteiger partial charge in [-0.15, -0.1) is 0 Å². The van der Waals surface area contributed by atoms with Crippen molar-refractivity contribution in [1.82, 2.24) is 5.32 Å². The minimum absolute atomic E-state index is 0.0960. The molecule has 1 heterocycles. The Balaban J connectivity index is 1.92. The molecule has 1 amide bonds. The molecule has 0 saturated carbocycles. The summed E-state index contributed by atoms with van der Waals surface area (Å²) in [5.41, 5.74) is 0.429. The van der Waals surface area contributed by atoms with Crippen molar-refractivity contribution < 1.29 is 19.1 Å². The predicted molar refractivity (Wildman–Crippen MR) is 68.1 cm³/mol. The molecule has 0 atom stereocenters. The van der Waals surface area contributed by atoms with Crippen LogP contribution in [0.4, 0.5) is 0 Å². The lowest BCUT2D eigenvalue weighted by Gasteiger charge is -2.04. The van der Waals surface area contributed by atoms with Gasteiger partial charge in [-0.3, -0.25) is 4.79 Å². The minimum atomic E-state index is -1.05. The summed E-state index contributed by atoms with van der Waals surface area (Å²) in [6, 6.07) is 9.54. The van der Waals surface area contributed by atoms with E-state index in [0.29, 0.717) is 18.5 Å². The second kappa shape index (κ2) is 5.86. The zero-order chi connectivity index (χ0) is 13.7. The fourth-order valence-electron chi connectivity index (χ4n) is 1.65. The number of carboxylic acids is 1. The van der Waals surface area contributed by atoms with Crippen molar-refractivity contribution in [3.8, 4) is 0 Å². The monoisotopic (exact) mass is 259 g/mol. The van der Waals surface area contributed by atoms with Crippen molar-refractivity contribution in [2.75, 3.05) is 6.54 Å². The standard InChI is InChI=1S/C14H13NO4/c16-13(15-7-6-12-5-2-8-19-12)10-3-1-4-11(9-10)14(17)18/h1-5,8-9H,6-7H2,(H,15,16)(H,17,18). The Hall–Kier alpha value is -2.56. The van der Waals surface area contributed by atoms with Gasteiger partial charge in [-0.1, -0.05) is 6.07 Å². The van der Waals surface area contributed by atoms with Crippen LogP contribution in [0.3, 0.4) is 0 Å². The van der Waals surface area contributed by atoms with E-state index in [-0.39, 0.29) is 11.5 Å². The number of carbonyl (C=O) groups is 2. The molecule has 0 saturated heterocycles. The summed E-state index contributed by atoms with van der Waals surface area (Å²) in [7, 11) is 0. The van der Waals surface area contributed by atoms with Gasteiger partial charge in [0.1, 0.15) is 5.76 Å². The maximum Gasteiger partial charge on any atom is 0.335 e. The normalized spacial score (nSPS) is 10.1. The molecule has 0 bridgehead atoms. The molecule has 2 N–H and O–H groups in total. The van der Waals surface area contributed by atoms with Crippen LogP contribution in [0.25, 0.3) is 0 Å². The number of hydrogen-bond acceptors (Lipinski definition) is 3. The van der Waals surface area contributed by atoms with E-state index in [9.17, 15) is 9.59 Å². The van der Waals surface area contributed by atoms with Crippen molar-refractivity contribution in [2.45, 2.75) is 6.42 Å². The summed E-state index contributed by atoms with van der Waals surface area (Å²) in [6.07, 6.45) is 2.17. The number of benzene rings is 1. The number of amides is 1. The van der Waals surface area contributed by atoms with Crippen molar-refractivity contribution in [3.05, 3.63) is 59.5 Å². The van der Waals surface area contributed by atoms with Gasteiger partial charge in [0.25, 0.3) is 5.91 Å². The first-order valence-electron chi connectivity index (χ1n) is 5.81. The van der Waals surface area contributed by atoms with E-state index in [4.69, 9.17) is 9.52 Å². The quantitative estimate of drug-likeness (QED) is 0.860. The molecule has 0 unspecified atom stereocenters. The highest BCUT2D eigenvalue weighted by Gasteiger charge is 2.09. The molecule has 0 spiro atoms. The van der Waals surface area contributed by atoms with Gasteiger partial charge in [-0.25, -0.2) is 4.79 Å². The smallest absolute Gasteiger partial charge is 0.335 e. The molecule has 1 aromatic carbocycles. The number of hydrogen-bond donors (Lipinski definition) is 2. The molecule has 0 aliphatic rings. The summed E-state index contributed by atoms with van der Waals surface area (Å²) < 4.78 is 5.14. The van der Waals surface area contributed by atoms with Crippen LogP contribution < -0.4 is 5.32 Å². The average Bonchev–Trinajstić information content (AvgIpc) is 2.92. The third-order valence-corrected chi connectivity index (χ3v) is 2.61. The maximum atomic E-state index is 11.8. The third-order valence-electron chi connectivity index (χ3n) is 2.61. The lowest BCUT2D eigenvalue weighted by molar-refractivity contribution is 0.0697. The molecule has 1 aromatic heterocycles. The molecule has 19 heavy (non-hydrogen) atoms. The maximum absolute atomic E-state index is 11.8. The van der Waals surface area contributed by atoms with E-state index < -0.39 is 5.97 Å². The minimum Gasteiger partial charge on any atom is -0.478 e. The number of furan rings is 1. The number of carboxylic acid groups (broad SMARTS) is 1. The van der Waals surface area contributed by atoms with Crippen LogP contribution in [0.5, 0.6) is 0 Å². The van der Waals surface area contributed by atoms with Crippen LogP contribution in [-0.4, -0.2) is 23.5 Å². The van der Waals surface area contributed by atoms with Gasteiger partial charge in [0.05, 0.1) is 11.8 Å². The molecular weight excluding hydrogens is 246 g/mol. The third kappa shape index (κ3) is 3.45. The summed E-state index contributed by atoms with van der Waals surface area (Å²) in [5, 5.41) is 11.6. The summed E-state index contributed by atoms with van der Waals surface area (Å²) in [6.45, 7) is 0.434. The fraction of sp³-hybridized carbons (Fsp3) is 0.143. The van der Waals surface area contributed by atoms with Crippen LogP contribution in [0.2, 0.25) is 0 Å². The SMILES string of the molecule is O=C(O)c1cccc(C(=O)NCCc2ccco2)c1. The number of carbonyl (C=O) groups excluding carboxylic acids is 1. The Morgan fingerprint density at radius 2 is 1.95 bits per heavy atom. The van der Waals surface area contributed by atoms with E-state index in [1.807, 2.05) is 6.07 Å². The fourth-order valence-corrected chi connectivity index (χ4v) is 1.65. The predicted octanol–water partition coefficient (Wildman–Crippen LogP) is 1.95. The first-order chi connectivity index (χ1) is 9.16. The summed E-state index contributed by atoms with van der Waals surface area (Å²) in [4.78, 5) is 22.6. The van der Waals surface area contributed by atoms with Gasteiger partial charge in [-0.2, -0.15) is 0 Å². The Morgan fingerprint density at radius 3 is 2.63 bits per heavy atom. The van der Waals surface area contributed by atoms with E-state index in [1.54, 1.807) is 24.5 Å². The van der Waals surface area contributed by atoms with Crippen molar-refractivity contribution in [2.24, 2.45) is 0 Å². The number of aromatic carboxylic acids is 1. The Kier molecular flexibility index (Phi) is 3.97. The molecule has 5 nitrogen and oxygen atoms in total. The zero-order valence-corrected chi connectivity index (χ0v) is 10.1. The lowest BCUT2D eigenvalue weighted by atomic mass is 10.1. The Morgan fingerprint density at radius 1 is 1.16 bits per heavy atom. The van der Waals surface area contributed by atoms with Crippen LogP contribution in [-0.2, 0) is 6.42 Å². The highest BCUT2D eigenvalue weighted by Crippen LogP contribution is 2.05. The van der Waals surface area contributed by atoms with Gasteiger partial charge in [-0.05, 0) is 30.3 Å². The second-order valence-corrected chi connectivity index (χ2v) is 3.97. The molecule has 2 rings (SSSR count). The highest BCUT2D eigenvalue weighted by molar-refractivity contribution is 5.97. The molecule has 0 radical (unpaired) electrons. The topological polar surface area (TPSA) is 79.5 Å².